The van der Waals surface area contributed by atoms with Gasteiger partial charge in [-0.1, -0.05) is 0 Å². The average molecular weight is 433 g/mol. The van der Waals surface area contributed by atoms with Crippen molar-refractivity contribution in [2.24, 2.45) is 0 Å². The first kappa shape index (κ1) is 22.1. The second-order valence-electron chi connectivity index (χ2n) is 8.28. The van der Waals surface area contributed by atoms with Gasteiger partial charge in [-0.15, -0.1) is 0 Å². The van der Waals surface area contributed by atoms with Crippen molar-refractivity contribution in [1.29, 1.82) is 0 Å². The van der Waals surface area contributed by atoms with Crippen molar-refractivity contribution in [3.63, 3.8) is 0 Å². The Bertz CT molecular complexity index is 1060. The number of rotatable bonds is 5. The Morgan fingerprint density at radius 2 is 1.80 bits per heavy atom. The van der Waals surface area contributed by atoms with Gasteiger partial charge in [-0.2, -0.15) is 0 Å². The summed E-state index contributed by atoms with van der Waals surface area (Å²) in [4.78, 5) is 15.0. The minimum absolute atomic E-state index is 0.0576. The van der Waals surface area contributed by atoms with E-state index in [4.69, 9.17) is 9.47 Å². The quantitative estimate of drug-likeness (QED) is 0.783. The summed E-state index contributed by atoms with van der Waals surface area (Å²) in [6, 6.07) is 10.1. The first-order valence-corrected chi connectivity index (χ1v) is 11.2. The number of anilines is 1. The molecule has 0 atom stereocenters. The van der Waals surface area contributed by atoms with Crippen LogP contribution in [0.15, 0.2) is 41.3 Å². The van der Waals surface area contributed by atoms with E-state index in [0.29, 0.717) is 6.54 Å². The third-order valence-corrected chi connectivity index (χ3v) is 6.57. The number of fused-ring (bicyclic) bond motifs is 1. The van der Waals surface area contributed by atoms with Crippen molar-refractivity contribution >= 4 is 21.6 Å². The molecule has 0 fully saturated rings. The first-order chi connectivity index (χ1) is 14.1. The predicted octanol–water partition coefficient (Wildman–Crippen LogP) is 3.37. The molecule has 2 aromatic carbocycles. The fourth-order valence-electron chi connectivity index (χ4n) is 3.55. The zero-order valence-corrected chi connectivity index (χ0v) is 18.8. The van der Waals surface area contributed by atoms with Gasteiger partial charge >= 0.3 is 0 Å². The third kappa shape index (κ3) is 4.60. The van der Waals surface area contributed by atoms with Gasteiger partial charge in [0.15, 0.2) is 0 Å². The van der Waals surface area contributed by atoms with Crippen molar-refractivity contribution < 1.29 is 22.7 Å². The second-order valence-corrected chi connectivity index (χ2v) is 9.93. The fourth-order valence-corrected chi connectivity index (χ4v) is 5.16. The Kier molecular flexibility index (Phi) is 6.10. The summed E-state index contributed by atoms with van der Waals surface area (Å²) in [5.41, 5.74) is 1.47. The van der Waals surface area contributed by atoms with Crippen molar-refractivity contribution in [2.75, 3.05) is 25.7 Å². The Labute approximate surface area is 178 Å². The van der Waals surface area contributed by atoms with E-state index < -0.39 is 15.6 Å². The number of carbonyl (C=O) groups is 1. The van der Waals surface area contributed by atoms with E-state index in [9.17, 15) is 13.2 Å². The summed E-state index contributed by atoms with van der Waals surface area (Å²) >= 11 is 0. The van der Waals surface area contributed by atoms with E-state index >= 15 is 0 Å². The molecule has 0 bridgehead atoms. The largest absolute Gasteiger partial charge is 0.497 e. The van der Waals surface area contributed by atoms with Crippen molar-refractivity contribution in [3.8, 4) is 11.5 Å². The lowest BCUT2D eigenvalue weighted by atomic mass is 10.0. The Morgan fingerprint density at radius 3 is 2.43 bits per heavy atom. The van der Waals surface area contributed by atoms with Gasteiger partial charge in [0.1, 0.15) is 16.4 Å². The number of aryl methyl sites for hydroxylation is 1. The number of hydrogen-bond acceptors (Lipinski definition) is 5. The number of methoxy groups -OCH3 is 2. The Morgan fingerprint density at radius 1 is 1.07 bits per heavy atom. The number of hydrogen-bond donors (Lipinski definition) is 1. The van der Waals surface area contributed by atoms with Crippen LogP contribution in [-0.4, -0.2) is 40.6 Å². The predicted molar refractivity (Wildman–Crippen MR) is 116 cm³/mol. The number of carbonyl (C=O) groups excluding carboxylic acids is 1. The van der Waals surface area contributed by atoms with Crippen LogP contribution in [0.5, 0.6) is 11.5 Å². The maximum Gasteiger partial charge on any atom is 0.258 e. The first-order valence-electron chi connectivity index (χ1n) is 9.76. The van der Waals surface area contributed by atoms with Crippen LogP contribution >= 0.6 is 0 Å². The molecule has 0 unspecified atom stereocenters. The zero-order valence-electron chi connectivity index (χ0n) is 18.0. The van der Waals surface area contributed by atoms with E-state index in [1.807, 2.05) is 18.2 Å². The third-order valence-electron chi connectivity index (χ3n) is 4.79. The Hall–Kier alpha value is -2.58. The summed E-state index contributed by atoms with van der Waals surface area (Å²) in [5, 5.41) is 0. The maximum absolute atomic E-state index is 13.3. The lowest BCUT2D eigenvalue weighted by molar-refractivity contribution is 0.0985. The van der Waals surface area contributed by atoms with Gasteiger partial charge in [0, 0.05) is 23.3 Å². The molecule has 0 aromatic heterocycles. The van der Waals surface area contributed by atoms with Crippen molar-refractivity contribution in [3.05, 3.63) is 47.5 Å². The topological polar surface area (TPSA) is 84.9 Å². The molecular formula is C22H28N2O5S. The van der Waals surface area contributed by atoms with Crippen LogP contribution in [0.2, 0.25) is 0 Å². The molecule has 1 N–H and O–H groups in total. The molecule has 1 amide bonds. The van der Waals surface area contributed by atoms with Crippen LogP contribution in [0.25, 0.3) is 0 Å². The molecule has 3 rings (SSSR count). The summed E-state index contributed by atoms with van der Waals surface area (Å²) < 4.78 is 39.0. The van der Waals surface area contributed by atoms with Gasteiger partial charge in [0.25, 0.3) is 5.91 Å². The van der Waals surface area contributed by atoms with Crippen molar-refractivity contribution in [1.82, 2.24) is 4.72 Å². The van der Waals surface area contributed by atoms with E-state index in [1.165, 1.54) is 19.2 Å². The normalized spacial score (nSPS) is 14.2. The van der Waals surface area contributed by atoms with E-state index in [2.05, 4.69) is 4.72 Å². The highest BCUT2D eigenvalue weighted by molar-refractivity contribution is 7.89. The molecule has 0 aliphatic carbocycles. The van der Waals surface area contributed by atoms with E-state index in [0.717, 1.165) is 29.8 Å². The number of ether oxygens (including phenoxy) is 2. The van der Waals surface area contributed by atoms with E-state index in [1.54, 1.807) is 38.8 Å². The second kappa shape index (κ2) is 8.28. The summed E-state index contributed by atoms with van der Waals surface area (Å²) in [6.07, 6.45) is 1.67. The lowest BCUT2D eigenvalue weighted by Gasteiger charge is -2.30. The van der Waals surface area contributed by atoms with E-state index in [-0.39, 0.29) is 22.1 Å². The smallest absolute Gasteiger partial charge is 0.258 e. The van der Waals surface area contributed by atoms with Gasteiger partial charge in [-0.25, -0.2) is 13.1 Å². The van der Waals surface area contributed by atoms with Crippen LogP contribution in [0.4, 0.5) is 5.69 Å². The lowest BCUT2D eigenvalue weighted by Crippen LogP contribution is -2.40. The number of benzene rings is 2. The van der Waals surface area contributed by atoms with Crippen LogP contribution in [0.1, 0.15) is 43.1 Å². The highest BCUT2D eigenvalue weighted by atomic mass is 32.2. The highest BCUT2D eigenvalue weighted by Gasteiger charge is 2.29. The molecule has 7 nitrogen and oxygen atoms in total. The molecule has 0 saturated carbocycles. The molecule has 1 aliphatic heterocycles. The molecule has 30 heavy (non-hydrogen) atoms. The fraction of sp³-hybridized carbons (Fsp3) is 0.409. The minimum Gasteiger partial charge on any atom is -0.497 e. The molecule has 162 valence electrons. The molecule has 8 heteroatoms. The molecule has 0 spiro atoms. The number of nitrogens with one attached hydrogen (secondary N) is 1. The number of sulfonamides is 1. The monoisotopic (exact) mass is 432 g/mol. The van der Waals surface area contributed by atoms with Crippen LogP contribution in [-0.2, 0) is 16.4 Å². The molecule has 0 radical (unpaired) electrons. The Balaban J connectivity index is 2.01. The van der Waals surface area contributed by atoms with Gasteiger partial charge in [0.2, 0.25) is 10.0 Å². The van der Waals surface area contributed by atoms with Crippen LogP contribution in [0.3, 0.4) is 0 Å². The molecular weight excluding hydrogens is 404 g/mol. The van der Waals surface area contributed by atoms with Gasteiger partial charge in [-0.3, -0.25) is 4.79 Å². The molecule has 0 saturated heterocycles. The zero-order chi connectivity index (χ0) is 22.1. The number of nitrogens with zero attached hydrogens (tertiary/aromatic N) is 1. The molecule has 1 heterocycles. The number of amides is 1. The van der Waals surface area contributed by atoms with Crippen molar-refractivity contribution in [2.45, 2.75) is 44.0 Å². The standard InChI is InChI=1S/C22H28N2O5S/c1-22(2,3)23-30(26,27)20-14-16(8-11-19(20)29-5)21(25)24-12-6-7-15-13-17(28-4)9-10-18(15)24/h8-11,13-14,23H,6-7,12H2,1-5H3. The highest BCUT2D eigenvalue weighted by Crippen LogP contribution is 2.33. The maximum atomic E-state index is 13.3. The minimum atomic E-state index is -3.88. The van der Waals surface area contributed by atoms with Gasteiger partial charge in [0.05, 0.1) is 14.2 Å². The molecule has 2 aromatic rings. The van der Waals surface area contributed by atoms with Crippen LogP contribution < -0.4 is 19.1 Å². The molecule has 1 aliphatic rings. The summed E-state index contributed by atoms with van der Waals surface area (Å²) in [6.45, 7) is 5.83. The SMILES string of the molecule is COc1ccc2c(c1)CCCN2C(=O)c1ccc(OC)c(S(=O)(=O)NC(C)(C)C)c1. The summed E-state index contributed by atoms with van der Waals surface area (Å²) in [7, 11) is -0.866. The van der Waals surface area contributed by atoms with Gasteiger partial charge in [-0.05, 0) is 75.6 Å². The van der Waals surface area contributed by atoms with Gasteiger partial charge < -0.3 is 14.4 Å². The average Bonchev–Trinajstić information content (AvgIpc) is 2.70. The van der Waals surface area contributed by atoms with Crippen LogP contribution in [0, 0.1) is 0 Å². The summed E-state index contributed by atoms with van der Waals surface area (Å²) in [5.74, 6) is 0.678.